The monoisotopic (exact) mass is 168 g/mol. The van der Waals surface area contributed by atoms with Crippen LogP contribution in [0.3, 0.4) is 0 Å². The summed E-state index contributed by atoms with van der Waals surface area (Å²) in [6.07, 6.45) is 6.44. The fraction of sp³-hybridized carbons (Fsp3) is 0.667. The van der Waals surface area contributed by atoms with Crippen molar-refractivity contribution in [3.8, 4) is 12.3 Å². The number of terminal acetylenes is 1. The molecule has 1 heterocycles. The topological polar surface area (TPSA) is 35.5 Å². The molecule has 0 amide bonds. The predicted molar refractivity (Wildman–Crippen MR) is 43.3 cm³/mol. The first-order valence-electron chi connectivity index (χ1n) is 3.89. The molecule has 0 spiro atoms. The minimum Gasteiger partial charge on any atom is -0.468 e. The molecule has 1 aliphatic heterocycles. The molecule has 0 saturated carbocycles. The van der Waals surface area contributed by atoms with Gasteiger partial charge in [0.2, 0.25) is 0 Å². The van der Waals surface area contributed by atoms with Gasteiger partial charge in [0.15, 0.2) is 0 Å². The van der Waals surface area contributed by atoms with Crippen molar-refractivity contribution in [1.29, 1.82) is 0 Å². The van der Waals surface area contributed by atoms with E-state index in [1.807, 2.05) is 0 Å². The van der Waals surface area contributed by atoms with Gasteiger partial charge < -0.3 is 9.47 Å². The number of esters is 1. The Morgan fingerprint density at radius 3 is 2.58 bits per heavy atom. The largest absolute Gasteiger partial charge is 0.468 e. The molecule has 66 valence electrons. The molecule has 3 nitrogen and oxygen atoms in total. The fourth-order valence-corrected chi connectivity index (χ4v) is 1.32. The zero-order valence-electron chi connectivity index (χ0n) is 7.13. The first-order valence-corrected chi connectivity index (χ1v) is 3.89. The van der Waals surface area contributed by atoms with Crippen LogP contribution < -0.4 is 0 Å². The maximum Gasteiger partial charge on any atom is 0.324 e. The minimum atomic E-state index is -0.729. The summed E-state index contributed by atoms with van der Waals surface area (Å²) in [5.74, 6) is 2.20. The zero-order valence-corrected chi connectivity index (χ0v) is 7.13. The fourth-order valence-electron chi connectivity index (χ4n) is 1.32. The van der Waals surface area contributed by atoms with E-state index < -0.39 is 5.41 Å². The molecule has 0 atom stereocenters. The summed E-state index contributed by atoms with van der Waals surface area (Å²) < 4.78 is 9.76. The highest BCUT2D eigenvalue weighted by atomic mass is 16.5. The van der Waals surface area contributed by atoms with Crippen LogP contribution in [0, 0.1) is 17.8 Å². The maximum absolute atomic E-state index is 11.3. The summed E-state index contributed by atoms with van der Waals surface area (Å²) in [5.41, 5.74) is -0.729. The molecule has 0 aromatic rings. The lowest BCUT2D eigenvalue weighted by Crippen LogP contribution is -2.36. The molecule has 1 fully saturated rings. The van der Waals surface area contributed by atoms with Crippen molar-refractivity contribution in [2.75, 3.05) is 20.3 Å². The minimum absolute atomic E-state index is 0.312. The maximum atomic E-state index is 11.3. The van der Waals surface area contributed by atoms with E-state index in [9.17, 15) is 4.79 Å². The normalized spacial score (nSPS) is 21.0. The molecular weight excluding hydrogens is 156 g/mol. The zero-order chi connectivity index (χ0) is 9.03. The first-order chi connectivity index (χ1) is 5.75. The van der Waals surface area contributed by atoms with Gasteiger partial charge in [0.05, 0.1) is 7.11 Å². The van der Waals surface area contributed by atoms with E-state index in [2.05, 4.69) is 10.7 Å². The Bertz CT molecular complexity index is 208. The third-order valence-corrected chi connectivity index (χ3v) is 2.20. The van der Waals surface area contributed by atoms with Crippen LogP contribution in [0.5, 0.6) is 0 Å². The van der Waals surface area contributed by atoms with Gasteiger partial charge in [0.1, 0.15) is 5.41 Å². The highest BCUT2D eigenvalue weighted by Gasteiger charge is 2.39. The summed E-state index contributed by atoms with van der Waals surface area (Å²) in [4.78, 5) is 11.3. The van der Waals surface area contributed by atoms with Crippen molar-refractivity contribution in [3.05, 3.63) is 0 Å². The molecule has 1 aliphatic rings. The number of hydrogen-bond donors (Lipinski definition) is 0. The standard InChI is InChI=1S/C9H12O3/c1-3-9(8(10)11-2)4-6-12-7-5-9/h1H,4-7H2,2H3. The summed E-state index contributed by atoms with van der Waals surface area (Å²) in [6.45, 7) is 1.08. The summed E-state index contributed by atoms with van der Waals surface area (Å²) in [5, 5.41) is 0. The molecule has 0 bridgehead atoms. The lowest BCUT2D eigenvalue weighted by molar-refractivity contribution is -0.153. The van der Waals surface area contributed by atoms with Gasteiger partial charge in [-0.1, -0.05) is 5.92 Å². The second kappa shape index (κ2) is 3.59. The number of methoxy groups -OCH3 is 1. The number of hydrogen-bond acceptors (Lipinski definition) is 3. The quantitative estimate of drug-likeness (QED) is 0.424. The molecule has 0 aromatic carbocycles. The van der Waals surface area contributed by atoms with Crippen LogP contribution in [0.2, 0.25) is 0 Å². The van der Waals surface area contributed by atoms with E-state index in [0.29, 0.717) is 26.1 Å². The predicted octanol–water partition coefficient (Wildman–Crippen LogP) is 0.589. The Labute approximate surface area is 72.0 Å². The Kier molecular flexibility index (Phi) is 2.72. The van der Waals surface area contributed by atoms with Crippen LogP contribution in [-0.4, -0.2) is 26.3 Å². The van der Waals surface area contributed by atoms with Crippen molar-refractivity contribution >= 4 is 5.97 Å². The van der Waals surface area contributed by atoms with Gasteiger partial charge >= 0.3 is 5.97 Å². The van der Waals surface area contributed by atoms with E-state index in [0.717, 1.165) is 0 Å². The molecule has 0 aliphatic carbocycles. The second-order valence-electron chi connectivity index (χ2n) is 2.83. The van der Waals surface area contributed by atoms with Crippen LogP contribution in [0.1, 0.15) is 12.8 Å². The highest BCUT2D eigenvalue weighted by molar-refractivity contribution is 5.80. The molecule has 12 heavy (non-hydrogen) atoms. The molecule has 1 saturated heterocycles. The van der Waals surface area contributed by atoms with Crippen LogP contribution in [-0.2, 0) is 14.3 Å². The number of rotatable bonds is 1. The molecule has 3 heteroatoms. The average Bonchev–Trinajstić information content (AvgIpc) is 2.17. The van der Waals surface area contributed by atoms with Crippen LogP contribution in [0.25, 0.3) is 0 Å². The Morgan fingerprint density at radius 1 is 1.58 bits per heavy atom. The number of ether oxygens (including phenoxy) is 2. The van der Waals surface area contributed by atoms with E-state index in [1.54, 1.807) is 0 Å². The third-order valence-electron chi connectivity index (χ3n) is 2.20. The van der Waals surface area contributed by atoms with E-state index in [1.165, 1.54) is 7.11 Å². The van der Waals surface area contributed by atoms with Gasteiger partial charge in [-0.15, -0.1) is 6.42 Å². The van der Waals surface area contributed by atoms with Crippen LogP contribution in [0.4, 0.5) is 0 Å². The molecule has 0 radical (unpaired) electrons. The average molecular weight is 168 g/mol. The van der Waals surface area contributed by atoms with Crippen LogP contribution >= 0.6 is 0 Å². The molecule has 0 N–H and O–H groups in total. The SMILES string of the molecule is C#CC1(C(=O)OC)CCOCC1. The van der Waals surface area contributed by atoms with Gasteiger partial charge in [-0.25, -0.2) is 0 Å². The van der Waals surface area contributed by atoms with Gasteiger partial charge in [-0.2, -0.15) is 0 Å². The number of carbonyl (C=O) groups is 1. The van der Waals surface area contributed by atoms with Gasteiger partial charge in [0, 0.05) is 13.2 Å². The summed E-state index contributed by atoms with van der Waals surface area (Å²) >= 11 is 0. The van der Waals surface area contributed by atoms with Gasteiger partial charge in [-0.3, -0.25) is 4.79 Å². The Hall–Kier alpha value is -1.01. The second-order valence-corrected chi connectivity index (χ2v) is 2.83. The summed E-state index contributed by atoms with van der Waals surface area (Å²) in [6, 6.07) is 0. The molecular formula is C9H12O3. The van der Waals surface area contributed by atoms with Gasteiger partial charge in [0.25, 0.3) is 0 Å². The van der Waals surface area contributed by atoms with Crippen molar-refractivity contribution in [3.63, 3.8) is 0 Å². The van der Waals surface area contributed by atoms with Crippen molar-refractivity contribution in [2.45, 2.75) is 12.8 Å². The Morgan fingerprint density at radius 2 is 2.17 bits per heavy atom. The van der Waals surface area contributed by atoms with Crippen LogP contribution in [0.15, 0.2) is 0 Å². The van der Waals surface area contributed by atoms with E-state index in [4.69, 9.17) is 11.2 Å². The van der Waals surface area contributed by atoms with Crippen molar-refractivity contribution in [1.82, 2.24) is 0 Å². The molecule has 1 rings (SSSR count). The van der Waals surface area contributed by atoms with Gasteiger partial charge in [-0.05, 0) is 12.8 Å². The smallest absolute Gasteiger partial charge is 0.324 e. The lowest BCUT2D eigenvalue weighted by atomic mass is 9.81. The van der Waals surface area contributed by atoms with Crippen molar-refractivity contribution in [2.24, 2.45) is 5.41 Å². The van der Waals surface area contributed by atoms with Crippen molar-refractivity contribution < 1.29 is 14.3 Å². The third kappa shape index (κ3) is 1.44. The summed E-state index contributed by atoms with van der Waals surface area (Å²) in [7, 11) is 1.36. The molecule has 0 aromatic heterocycles. The van der Waals surface area contributed by atoms with E-state index >= 15 is 0 Å². The highest BCUT2D eigenvalue weighted by Crippen LogP contribution is 2.30. The first kappa shape index (κ1) is 9.08. The molecule has 0 unspecified atom stereocenters. The van der Waals surface area contributed by atoms with E-state index in [-0.39, 0.29) is 5.97 Å². The number of carbonyl (C=O) groups excluding carboxylic acids is 1. The Balaban J connectivity index is 2.74. The lowest BCUT2D eigenvalue weighted by Gasteiger charge is -2.29.